The summed E-state index contributed by atoms with van der Waals surface area (Å²) in [6.07, 6.45) is 1.79. The van der Waals surface area contributed by atoms with Crippen LogP contribution in [-0.2, 0) is 11.3 Å². The van der Waals surface area contributed by atoms with Crippen molar-refractivity contribution in [2.24, 2.45) is 0 Å². The van der Waals surface area contributed by atoms with E-state index in [2.05, 4.69) is 5.32 Å². The Balaban J connectivity index is 1.93. The van der Waals surface area contributed by atoms with Crippen molar-refractivity contribution in [1.29, 1.82) is 0 Å². The zero-order valence-corrected chi connectivity index (χ0v) is 11.6. The third kappa shape index (κ3) is 3.36. The molecular weight excluding hydrogens is 239 g/mol. The number of rotatable bonds is 4. The minimum absolute atomic E-state index is 0.0154. The second kappa shape index (κ2) is 6.22. The molecule has 0 radical (unpaired) electrons. The summed E-state index contributed by atoms with van der Waals surface area (Å²) in [6.45, 7) is 5.10. The molecule has 1 atom stereocenters. The maximum atomic E-state index is 12.2. The van der Waals surface area contributed by atoms with Crippen LogP contribution in [0.25, 0.3) is 0 Å². The number of nitrogens with one attached hydrogen (secondary N) is 1. The van der Waals surface area contributed by atoms with E-state index in [1.165, 1.54) is 5.56 Å². The summed E-state index contributed by atoms with van der Waals surface area (Å²) >= 11 is 0. The fourth-order valence-corrected chi connectivity index (χ4v) is 2.63. The molecule has 1 heterocycles. The number of hydrogen-bond donors (Lipinski definition) is 2. The van der Waals surface area contributed by atoms with Crippen molar-refractivity contribution in [2.75, 3.05) is 6.54 Å². The number of nitrogens with zero attached hydrogens (tertiary/aromatic N) is 1. The van der Waals surface area contributed by atoms with Gasteiger partial charge in [0.2, 0.25) is 5.91 Å². The van der Waals surface area contributed by atoms with E-state index in [9.17, 15) is 9.82 Å². The lowest BCUT2D eigenvalue weighted by Crippen LogP contribution is -2.48. The number of benzene rings is 1. The normalized spacial score (nSPS) is 19.4. The quantitative estimate of drug-likeness (QED) is 0.799. The van der Waals surface area contributed by atoms with Crippen molar-refractivity contribution in [2.45, 2.75) is 39.2 Å². The van der Waals surface area contributed by atoms with Crippen molar-refractivity contribution in [1.82, 2.24) is 10.1 Å². The van der Waals surface area contributed by atoms with Gasteiger partial charge in [-0.15, -0.1) is 0 Å². The molecule has 2 N–H and O–H groups in total. The van der Waals surface area contributed by atoms with Crippen LogP contribution in [0.5, 0.6) is 0 Å². The Bertz CT molecular complexity index is 451. The highest BCUT2D eigenvalue weighted by molar-refractivity contribution is 6.45. The molecule has 0 spiro atoms. The molecule has 4 nitrogen and oxygen atoms in total. The maximum Gasteiger partial charge on any atom is 0.377 e. The molecule has 1 saturated heterocycles. The Morgan fingerprint density at radius 3 is 2.95 bits per heavy atom. The minimum atomic E-state index is -0.559. The van der Waals surface area contributed by atoms with E-state index < -0.39 is 7.05 Å². The highest BCUT2D eigenvalue weighted by atomic mass is 16.2. The summed E-state index contributed by atoms with van der Waals surface area (Å²) in [6, 6.07) is 7.85. The van der Waals surface area contributed by atoms with Crippen LogP contribution in [0.15, 0.2) is 24.3 Å². The van der Waals surface area contributed by atoms with Gasteiger partial charge < -0.3 is 15.2 Å². The standard InChI is InChI=1S/C14H21BN2O2/c1-11-6-3-4-7-12(11)10-16-14(18)13-8-5-9-17(13)15(2)19/h3-4,6-7,13,19H,5,8-10H2,1-2H3,(H,16,18)/t13-/m0/s1. The van der Waals surface area contributed by atoms with E-state index in [1.807, 2.05) is 36.0 Å². The van der Waals surface area contributed by atoms with Gasteiger partial charge in [-0.3, -0.25) is 4.79 Å². The van der Waals surface area contributed by atoms with Crippen molar-refractivity contribution < 1.29 is 9.82 Å². The van der Waals surface area contributed by atoms with Gasteiger partial charge in [-0.25, -0.2) is 0 Å². The van der Waals surface area contributed by atoms with Crippen LogP contribution in [0.4, 0.5) is 0 Å². The number of amides is 1. The molecule has 1 aromatic carbocycles. The third-order valence-electron chi connectivity index (χ3n) is 3.79. The lowest BCUT2D eigenvalue weighted by atomic mass is 9.84. The van der Waals surface area contributed by atoms with Gasteiger partial charge in [-0.1, -0.05) is 24.3 Å². The van der Waals surface area contributed by atoms with Gasteiger partial charge in [0.15, 0.2) is 0 Å². The van der Waals surface area contributed by atoms with Crippen LogP contribution in [0, 0.1) is 6.92 Å². The maximum absolute atomic E-state index is 12.2. The van der Waals surface area contributed by atoms with E-state index in [0.717, 1.165) is 24.9 Å². The summed E-state index contributed by atoms with van der Waals surface area (Å²) in [7, 11) is -0.559. The molecule has 102 valence electrons. The number of hydrogen-bond acceptors (Lipinski definition) is 3. The molecule has 0 bridgehead atoms. The molecule has 2 rings (SSSR count). The van der Waals surface area contributed by atoms with Gasteiger partial charge in [0.1, 0.15) is 0 Å². The van der Waals surface area contributed by atoms with Gasteiger partial charge >= 0.3 is 7.05 Å². The van der Waals surface area contributed by atoms with Crippen LogP contribution in [0.2, 0.25) is 6.82 Å². The van der Waals surface area contributed by atoms with Crippen molar-refractivity contribution >= 4 is 13.0 Å². The molecule has 0 aromatic heterocycles. The largest absolute Gasteiger partial charge is 0.437 e. The van der Waals surface area contributed by atoms with Crippen LogP contribution in [-0.4, -0.2) is 35.4 Å². The molecule has 5 heteroatoms. The Kier molecular flexibility index (Phi) is 4.61. The first-order chi connectivity index (χ1) is 9.09. The van der Waals surface area contributed by atoms with Gasteiger partial charge in [-0.05, 0) is 44.3 Å². The van der Waals surface area contributed by atoms with Crippen LogP contribution in [0.1, 0.15) is 24.0 Å². The second-order valence-electron chi connectivity index (χ2n) is 5.17. The lowest BCUT2D eigenvalue weighted by Gasteiger charge is -2.24. The van der Waals surface area contributed by atoms with Crippen molar-refractivity contribution in [3.05, 3.63) is 35.4 Å². The summed E-state index contributed by atoms with van der Waals surface area (Å²) in [4.78, 5) is 14.0. The minimum Gasteiger partial charge on any atom is -0.437 e. The molecule has 19 heavy (non-hydrogen) atoms. The number of aryl methyl sites for hydroxylation is 1. The van der Waals surface area contributed by atoms with E-state index in [0.29, 0.717) is 6.54 Å². The smallest absolute Gasteiger partial charge is 0.377 e. The van der Waals surface area contributed by atoms with Gasteiger partial charge in [0.25, 0.3) is 0 Å². The summed E-state index contributed by atoms with van der Waals surface area (Å²) in [5, 5.41) is 12.6. The van der Waals surface area contributed by atoms with Crippen LogP contribution >= 0.6 is 0 Å². The molecular formula is C14H21BN2O2. The second-order valence-corrected chi connectivity index (χ2v) is 5.17. The van der Waals surface area contributed by atoms with E-state index >= 15 is 0 Å². The first-order valence-electron chi connectivity index (χ1n) is 6.85. The Morgan fingerprint density at radius 2 is 2.26 bits per heavy atom. The van der Waals surface area contributed by atoms with E-state index in [1.54, 1.807) is 6.82 Å². The average Bonchev–Trinajstić information content (AvgIpc) is 2.87. The highest BCUT2D eigenvalue weighted by Crippen LogP contribution is 2.18. The zero-order valence-electron chi connectivity index (χ0n) is 11.6. The van der Waals surface area contributed by atoms with E-state index in [4.69, 9.17) is 0 Å². The zero-order chi connectivity index (χ0) is 13.8. The molecule has 0 unspecified atom stereocenters. The SMILES string of the molecule is CB(O)N1CCC[C@H]1C(=O)NCc1ccccc1C. The first kappa shape index (κ1) is 14.1. The summed E-state index contributed by atoms with van der Waals surface area (Å²) in [5.74, 6) is 0.0154. The van der Waals surface area contributed by atoms with Gasteiger partial charge in [0.05, 0.1) is 6.04 Å². The molecule has 1 aliphatic rings. The van der Waals surface area contributed by atoms with Crippen LogP contribution in [0.3, 0.4) is 0 Å². The van der Waals surface area contributed by atoms with Crippen LogP contribution < -0.4 is 5.32 Å². The summed E-state index contributed by atoms with van der Waals surface area (Å²) < 4.78 is 0. The average molecular weight is 260 g/mol. The highest BCUT2D eigenvalue weighted by Gasteiger charge is 2.34. The Morgan fingerprint density at radius 1 is 1.53 bits per heavy atom. The van der Waals surface area contributed by atoms with Gasteiger partial charge in [0, 0.05) is 6.54 Å². The number of carbonyl (C=O) groups excluding carboxylic acids is 1. The predicted octanol–water partition coefficient (Wildman–Crippen LogP) is 1.19. The third-order valence-corrected chi connectivity index (χ3v) is 3.79. The molecule has 1 aliphatic heterocycles. The van der Waals surface area contributed by atoms with E-state index in [-0.39, 0.29) is 11.9 Å². The fourth-order valence-electron chi connectivity index (χ4n) is 2.63. The fraction of sp³-hybridized carbons (Fsp3) is 0.500. The lowest BCUT2D eigenvalue weighted by molar-refractivity contribution is -0.124. The van der Waals surface area contributed by atoms with Gasteiger partial charge in [-0.2, -0.15) is 0 Å². The molecule has 1 fully saturated rings. The topological polar surface area (TPSA) is 52.6 Å². The summed E-state index contributed by atoms with van der Waals surface area (Å²) in [5.41, 5.74) is 2.32. The molecule has 1 amide bonds. The Hall–Kier alpha value is -1.33. The Labute approximate surface area is 114 Å². The molecule has 0 aliphatic carbocycles. The number of carbonyl (C=O) groups is 1. The van der Waals surface area contributed by atoms with Crippen molar-refractivity contribution in [3.63, 3.8) is 0 Å². The molecule has 0 saturated carbocycles. The predicted molar refractivity (Wildman–Crippen MR) is 76.6 cm³/mol. The monoisotopic (exact) mass is 260 g/mol. The van der Waals surface area contributed by atoms with Crippen molar-refractivity contribution in [3.8, 4) is 0 Å². The molecule has 1 aromatic rings. The first-order valence-corrected chi connectivity index (χ1v) is 6.85.